The molecular formula is C14H25N3O. The van der Waals surface area contributed by atoms with Crippen molar-refractivity contribution in [3.63, 3.8) is 0 Å². The van der Waals surface area contributed by atoms with Gasteiger partial charge in [0.05, 0.1) is 0 Å². The van der Waals surface area contributed by atoms with Crippen molar-refractivity contribution >= 4 is 11.5 Å². The zero-order chi connectivity index (χ0) is 13.1. The summed E-state index contributed by atoms with van der Waals surface area (Å²) < 4.78 is 0. The number of hydrogen-bond donors (Lipinski definition) is 1. The molecule has 2 unspecified atom stereocenters. The maximum absolute atomic E-state index is 12.0. The number of nitrogens with two attached hydrogens (primary N) is 1. The first-order chi connectivity index (χ1) is 8.63. The van der Waals surface area contributed by atoms with Crippen LogP contribution in [-0.4, -0.2) is 35.1 Å². The second-order valence-electron chi connectivity index (χ2n) is 5.60. The number of hydrogen-bond acceptors (Lipinski definition) is 4. The molecule has 2 N–H and O–H groups in total. The molecule has 2 rings (SSSR count). The van der Waals surface area contributed by atoms with Crippen LogP contribution in [0.25, 0.3) is 0 Å². The lowest BCUT2D eigenvalue weighted by Crippen LogP contribution is -2.36. The predicted octanol–water partition coefficient (Wildman–Crippen LogP) is 1.93. The van der Waals surface area contributed by atoms with E-state index in [1.807, 2.05) is 13.8 Å². The van der Waals surface area contributed by atoms with Crippen LogP contribution in [0.1, 0.15) is 52.4 Å². The summed E-state index contributed by atoms with van der Waals surface area (Å²) >= 11 is 0. The van der Waals surface area contributed by atoms with Crippen molar-refractivity contribution in [3.8, 4) is 0 Å². The lowest BCUT2D eigenvalue weighted by Gasteiger charge is -2.25. The average Bonchev–Trinajstić information content (AvgIpc) is 2.86. The Labute approximate surface area is 110 Å². The number of carbonyl (C=O) groups excluding carboxylic acids is 1. The van der Waals surface area contributed by atoms with Crippen LogP contribution >= 0.6 is 0 Å². The minimum atomic E-state index is 0.0608. The normalized spacial score (nSPS) is 30.2. The minimum Gasteiger partial charge on any atom is -0.327 e. The third-order valence-corrected chi connectivity index (χ3v) is 4.35. The van der Waals surface area contributed by atoms with Gasteiger partial charge in [-0.25, -0.2) is 0 Å². The third kappa shape index (κ3) is 2.74. The van der Waals surface area contributed by atoms with E-state index in [2.05, 4.69) is 10.1 Å². The summed E-state index contributed by atoms with van der Waals surface area (Å²) in [5, 5.41) is 6.83. The van der Waals surface area contributed by atoms with E-state index in [1.165, 1.54) is 25.7 Å². The lowest BCUT2D eigenvalue weighted by molar-refractivity contribution is -0.113. The molecule has 4 heteroatoms. The monoisotopic (exact) mass is 251 g/mol. The van der Waals surface area contributed by atoms with Crippen molar-refractivity contribution in [1.29, 1.82) is 0 Å². The molecule has 0 aromatic heterocycles. The van der Waals surface area contributed by atoms with Gasteiger partial charge in [0.2, 0.25) is 0 Å². The summed E-state index contributed by atoms with van der Waals surface area (Å²) in [6.07, 6.45) is 6.45. The van der Waals surface area contributed by atoms with E-state index in [0.717, 1.165) is 13.0 Å². The summed E-state index contributed by atoms with van der Waals surface area (Å²) in [7, 11) is 0. The molecule has 2 aliphatic rings. The number of hydrazone groups is 1. The number of nitrogens with zero attached hydrogens (tertiary/aromatic N) is 2. The van der Waals surface area contributed by atoms with Gasteiger partial charge in [0.15, 0.2) is 5.78 Å². The zero-order valence-electron chi connectivity index (χ0n) is 11.6. The van der Waals surface area contributed by atoms with Crippen LogP contribution in [0, 0.1) is 5.92 Å². The van der Waals surface area contributed by atoms with Gasteiger partial charge in [-0.2, -0.15) is 5.10 Å². The molecule has 0 saturated heterocycles. The fraction of sp³-hybridized carbons (Fsp3) is 0.857. The molecule has 18 heavy (non-hydrogen) atoms. The van der Waals surface area contributed by atoms with Gasteiger partial charge in [-0.15, -0.1) is 0 Å². The molecule has 0 aromatic carbocycles. The summed E-state index contributed by atoms with van der Waals surface area (Å²) in [6.45, 7) is 4.83. The van der Waals surface area contributed by atoms with Gasteiger partial charge in [-0.3, -0.25) is 9.80 Å². The molecular weight excluding hydrogens is 226 g/mol. The molecule has 0 spiro atoms. The summed E-state index contributed by atoms with van der Waals surface area (Å²) in [5.41, 5.74) is 6.87. The largest absolute Gasteiger partial charge is 0.327 e. The van der Waals surface area contributed by atoms with E-state index >= 15 is 0 Å². The van der Waals surface area contributed by atoms with Crippen LogP contribution in [0.3, 0.4) is 0 Å². The average molecular weight is 251 g/mol. The van der Waals surface area contributed by atoms with Crippen molar-refractivity contribution < 1.29 is 4.79 Å². The Hall–Kier alpha value is -0.900. The van der Waals surface area contributed by atoms with Gasteiger partial charge in [-0.05, 0) is 19.3 Å². The highest BCUT2D eigenvalue weighted by Crippen LogP contribution is 2.26. The minimum absolute atomic E-state index is 0.0608. The molecule has 1 fully saturated rings. The van der Waals surface area contributed by atoms with Crippen LogP contribution in [0.4, 0.5) is 0 Å². The fourth-order valence-corrected chi connectivity index (χ4v) is 2.97. The second kappa shape index (κ2) is 5.83. The second-order valence-corrected chi connectivity index (χ2v) is 5.60. The first-order valence-electron chi connectivity index (χ1n) is 7.27. The molecule has 0 radical (unpaired) electrons. The standard InChI is InChI=1S/C14H25N3O/c1-3-13(18)14-10(2)12(15)8-9-17(16-14)11-6-4-5-7-11/h10-12H,3-9,15H2,1-2H3. The highest BCUT2D eigenvalue weighted by Gasteiger charge is 2.30. The van der Waals surface area contributed by atoms with Gasteiger partial charge in [0.1, 0.15) is 5.71 Å². The summed E-state index contributed by atoms with van der Waals surface area (Å²) in [4.78, 5) is 12.0. The Morgan fingerprint density at radius 1 is 1.39 bits per heavy atom. The Kier molecular flexibility index (Phi) is 4.38. The quantitative estimate of drug-likeness (QED) is 0.834. The molecule has 0 aromatic rings. The van der Waals surface area contributed by atoms with E-state index < -0.39 is 0 Å². The van der Waals surface area contributed by atoms with Crippen molar-refractivity contribution in [1.82, 2.24) is 5.01 Å². The summed E-state index contributed by atoms with van der Waals surface area (Å²) in [5.74, 6) is 0.242. The van der Waals surface area contributed by atoms with Gasteiger partial charge in [0, 0.05) is 31.0 Å². The van der Waals surface area contributed by atoms with E-state index in [9.17, 15) is 4.79 Å². The maximum atomic E-state index is 12.0. The Balaban J connectivity index is 2.20. The Morgan fingerprint density at radius 3 is 2.67 bits per heavy atom. The van der Waals surface area contributed by atoms with Gasteiger partial charge < -0.3 is 5.73 Å². The Bertz CT molecular complexity index is 334. The van der Waals surface area contributed by atoms with Gasteiger partial charge in [-0.1, -0.05) is 26.7 Å². The van der Waals surface area contributed by atoms with E-state index in [-0.39, 0.29) is 17.7 Å². The van der Waals surface area contributed by atoms with E-state index in [0.29, 0.717) is 18.2 Å². The van der Waals surface area contributed by atoms with Crippen LogP contribution in [0.2, 0.25) is 0 Å². The van der Waals surface area contributed by atoms with E-state index in [1.54, 1.807) is 0 Å². The topological polar surface area (TPSA) is 58.7 Å². The molecule has 0 amide bonds. The number of carbonyl (C=O) groups is 1. The van der Waals surface area contributed by atoms with Crippen LogP contribution < -0.4 is 5.73 Å². The molecule has 2 atom stereocenters. The summed E-state index contributed by atoms with van der Waals surface area (Å²) in [6, 6.07) is 0.591. The van der Waals surface area contributed by atoms with Gasteiger partial charge in [0.25, 0.3) is 0 Å². The molecule has 102 valence electrons. The number of rotatable bonds is 3. The maximum Gasteiger partial charge on any atom is 0.178 e. The zero-order valence-corrected chi connectivity index (χ0v) is 11.6. The Morgan fingerprint density at radius 2 is 2.06 bits per heavy atom. The molecule has 0 bridgehead atoms. The van der Waals surface area contributed by atoms with Crippen molar-refractivity contribution in [2.24, 2.45) is 16.8 Å². The third-order valence-electron chi connectivity index (χ3n) is 4.35. The first-order valence-corrected chi connectivity index (χ1v) is 7.27. The van der Waals surface area contributed by atoms with Crippen molar-refractivity contribution in [2.75, 3.05) is 6.54 Å². The van der Waals surface area contributed by atoms with Gasteiger partial charge >= 0.3 is 0 Å². The van der Waals surface area contributed by atoms with Crippen LogP contribution in [0.5, 0.6) is 0 Å². The van der Waals surface area contributed by atoms with Crippen molar-refractivity contribution in [3.05, 3.63) is 0 Å². The molecule has 4 nitrogen and oxygen atoms in total. The smallest absolute Gasteiger partial charge is 0.178 e. The number of ketones is 1. The van der Waals surface area contributed by atoms with Crippen LogP contribution in [0.15, 0.2) is 5.10 Å². The first kappa shape index (κ1) is 13.5. The molecule has 1 aliphatic carbocycles. The lowest BCUT2D eigenvalue weighted by atomic mass is 9.92. The molecule has 1 aliphatic heterocycles. The molecule has 1 heterocycles. The predicted molar refractivity (Wildman–Crippen MR) is 73.5 cm³/mol. The number of Topliss-reactive ketones (excluding diaryl/α,β-unsaturated/α-hetero) is 1. The van der Waals surface area contributed by atoms with Crippen LogP contribution in [-0.2, 0) is 4.79 Å². The SMILES string of the molecule is CCC(=O)C1=NN(C2CCCC2)CCC(N)C1C. The molecule has 1 saturated carbocycles. The fourth-order valence-electron chi connectivity index (χ4n) is 2.97. The van der Waals surface area contributed by atoms with E-state index in [4.69, 9.17) is 5.73 Å². The van der Waals surface area contributed by atoms with Crippen molar-refractivity contribution in [2.45, 2.75) is 64.5 Å². The highest BCUT2D eigenvalue weighted by atomic mass is 16.1. The highest BCUT2D eigenvalue weighted by molar-refractivity contribution is 6.40.